The Morgan fingerprint density at radius 3 is 2.46 bits per heavy atom. The zero-order chi connectivity index (χ0) is 18.9. The SMILES string of the molecule is CCOc1ccc(C2=CC3c4ccccc4OC(c4ccccc4)N3N2)cc1. The van der Waals surface area contributed by atoms with Gasteiger partial charge in [0.05, 0.1) is 18.3 Å². The number of nitrogens with one attached hydrogen (secondary N) is 1. The first kappa shape index (κ1) is 16.9. The van der Waals surface area contributed by atoms with E-state index in [0.29, 0.717) is 6.61 Å². The molecule has 0 amide bonds. The molecule has 0 bridgehead atoms. The quantitative estimate of drug-likeness (QED) is 0.694. The zero-order valence-electron chi connectivity index (χ0n) is 15.7. The van der Waals surface area contributed by atoms with Crippen LogP contribution < -0.4 is 14.9 Å². The highest BCUT2D eigenvalue weighted by Gasteiger charge is 2.39. The number of hydrogen-bond donors (Lipinski definition) is 1. The van der Waals surface area contributed by atoms with Gasteiger partial charge in [0.15, 0.2) is 6.23 Å². The summed E-state index contributed by atoms with van der Waals surface area (Å²) in [6, 6.07) is 26.9. The molecule has 28 heavy (non-hydrogen) atoms. The maximum Gasteiger partial charge on any atom is 0.195 e. The van der Waals surface area contributed by atoms with E-state index in [1.54, 1.807) is 0 Å². The predicted octanol–water partition coefficient (Wildman–Crippen LogP) is 5.08. The van der Waals surface area contributed by atoms with Crippen molar-refractivity contribution in [2.24, 2.45) is 0 Å². The average Bonchev–Trinajstić information content (AvgIpc) is 3.20. The van der Waals surface area contributed by atoms with Gasteiger partial charge in [0.25, 0.3) is 0 Å². The molecule has 0 aliphatic carbocycles. The number of fused-ring (bicyclic) bond motifs is 3. The summed E-state index contributed by atoms with van der Waals surface area (Å²) in [4.78, 5) is 0. The lowest BCUT2D eigenvalue weighted by Crippen LogP contribution is -2.43. The highest BCUT2D eigenvalue weighted by Crippen LogP contribution is 2.45. The third kappa shape index (κ3) is 2.92. The summed E-state index contributed by atoms with van der Waals surface area (Å²) in [5.74, 6) is 1.82. The second-order valence-corrected chi connectivity index (χ2v) is 6.92. The minimum atomic E-state index is -0.197. The maximum absolute atomic E-state index is 6.38. The van der Waals surface area contributed by atoms with E-state index in [4.69, 9.17) is 9.47 Å². The number of rotatable bonds is 4. The Hall–Kier alpha value is -3.24. The lowest BCUT2D eigenvalue weighted by atomic mass is 10.0. The number of hydrazine groups is 1. The summed E-state index contributed by atoms with van der Waals surface area (Å²) in [6.07, 6.45) is 2.07. The molecule has 0 saturated carbocycles. The molecule has 2 atom stereocenters. The van der Waals surface area contributed by atoms with Crippen LogP contribution in [-0.2, 0) is 0 Å². The molecule has 4 nitrogen and oxygen atoms in total. The van der Waals surface area contributed by atoms with Gasteiger partial charge in [0, 0.05) is 11.1 Å². The van der Waals surface area contributed by atoms with Crippen LogP contribution in [0.3, 0.4) is 0 Å². The van der Waals surface area contributed by atoms with Gasteiger partial charge < -0.3 is 14.9 Å². The van der Waals surface area contributed by atoms with Crippen LogP contribution in [0.4, 0.5) is 0 Å². The number of benzene rings is 3. The minimum Gasteiger partial charge on any atom is -0.494 e. The molecule has 3 aromatic carbocycles. The van der Waals surface area contributed by atoms with Crippen molar-refractivity contribution in [2.75, 3.05) is 6.61 Å². The van der Waals surface area contributed by atoms with Gasteiger partial charge in [-0.25, -0.2) is 0 Å². The molecule has 0 fully saturated rings. The van der Waals surface area contributed by atoms with E-state index in [-0.39, 0.29) is 12.3 Å². The van der Waals surface area contributed by atoms with Crippen molar-refractivity contribution in [1.29, 1.82) is 0 Å². The normalized spacial score (nSPS) is 20.4. The van der Waals surface area contributed by atoms with E-state index in [1.807, 2.05) is 49.4 Å². The van der Waals surface area contributed by atoms with Gasteiger partial charge >= 0.3 is 0 Å². The summed E-state index contributed by atoms with van der Waals surface area (Å²) in [7, 11) is 0. The van der Waals surface area contributed by atoms with Crippen LogP contribution in [0.15, 0.2) is 84.9 Å². The molecule has 2 aliphatic heterocycles. The van der Waals surface area contributed by atoms with E-state index in [2.05, 4.69) is 52.9 Å². The van der Waals surface area contributed by atoms with E-state index < -0.39 is 0 Å². The van der Waals surface area contributed by atoms with E-state index in [9.17, 15) is 0 Å². The summed E-state index contributed by atoms with van der Waals surface area (Å²) in [5, 5.41) is 2.18. The fourth-order valence-electron chi connectivity index (χ4n) is 3.84. The zero-order valence-corrected chi connectivity index (χ0v) is 15.7. The van der Waals surface area contributed by atoms with Crippen LogP contribution >= 0.6 is 0 Å². The molecular weight excluding hydrogens is 348 g/mol. The topological polar surface area (TPSA) is 33.7 Å². The standard InChI is InChI=1S/C24H22N2O2/c1-2-27-19-14-12-17(13-15-19)21-16-22-20-10-6-7-11-23(20)28-24(26(22)25-21)18-8-4-3-5-9-18/h3-16,22,24-25H,2H2,1H3. The van der Waals surface area contributed by atoms with E-state index in [1.165, 1.54) is 5.56 Å². The molecule has 4 heteroatoms. The molecule has 2 aliphatic rings. The Morgan fingerprint density at radius 1 is 0.929 bits per heavy atom. The molecule has 3 aromatic rings. The Bertz CT molecular complexity index is 999. The average molecular weight is 370 g/mol. The lowest BCUT2D eigenvalue weighted by Gasteiger charge is -2.38. The fourth-order valence-corrected chi connectivity index (χ4v) is 3.84. The van der Waals surface area contributed by atoms with Gasteiger partial charge in [-0.15, -0.1) is 0 Å². The maximum atomic E-state index is 6.38. The first-order valence-corrected chi connectivity index (χ1v) is 9.64. The van der Waals surface area contributed by atoms with Crippen LogP contribution in [-0.4, -0.2) is 11.6 Å². The van der Waals surface area contributed by atoms with Gasteiger partial charge in [-0.3, -0.25) is 0 Å². The molecular formula is C24H22N2O2. The molecule has 0 radical (unpaired) electrons. The van der Waals surface area contributed by atoms with Crippen molar-refractivity contribution in [1.82, 2.24) is 10.4 Å². The second kappa shape index (κ2) is 7.06. The third-order valence-corrected chi connectivity index (χ3v) is 5.16. The fraction of sp³-hybridized carbons (Fsp3) is 0.167. The molecule has 1 N–H and O–H groups in total. The van der Waals surface area contributed by atoms with Gasteiger partial charge in [-0.05, 0) is 48.9 Å². The number of ether oxygens (including phenoxy) is 2. The third-order valence-electron chi connectivity index (χ3n) is 5.16. The van der Waals surface area contributed by atoms with E-state index >= 15 is 0 Å². The second-order valence-electron chi connectivity index (χ2n) is 6.92. The lowest BCUT2D eigenvalue weighted by molar-refractivity contribution is -0.0326. The molecule has 0 aromatic heterocycles. The van der Waals surface area contributed by atoms with Gasteiger partial charge in [0.1, 0.15) is 11.5 Å². The van der Waals surface area contributed by atoms with Gasteiger partial charge in [-0.2, -0.15) is 5.01 Å². The molecule has 140 valence electrons. The minimum absolute atomic E-state index is 0.108. The number of nitrogens with zero attached hydrogens (tertiary/aromatic N) is 1. The van der Waals surface area contributed by atoms with Crippen molar-refractivity contribution in [3.63, 3.8) is 0 Å². The highest BCUT2D eigenvalue weighted by molar-refractivity contribution is 5.68. The largest absolute Gasteiger partial charge is 0.494 e. The Morgan fingerprint density at radius 2 is 1.68 bits per heavy atom. The smallest absolute Gasteiger partial charge is 0.195 e. The highest BCUT2D eigenvalue weighted by atomic mass is 16.5. The first-order valence-electron chi connectivity index (χ1n) is 9.64. The molecule has 2 heterocycles. The summed E-state index contributed by atoms with van der Waals surface area (Å²) >= 11 is 0. The van der Waals surface area contributed by atoms with Crippen molar-refractivity contribution in [3.8, 4) is 11.5 Å². The Labute approximate surface area is 165 Å². The van der Waals surface area contributed by atoms with Crippen LogP contribution in [0.2, 0.25) is 0 Å². The Kier molecular flexibility index (Phi) is 4.26. The molecule has 2 unspecified atom stereocenters. The molecule has 5 rings (SSSR count). The van der Waals surface area contributed by atoms with Gasteiger partial charge in [-0.1, -0.05) is 48.5 Å². The van der Waals surface area contributed by atoms with Crippen molar-refractivity contribution in [3.05, 3.63) is 102 Å². The number of para-hydroxylation sites is 1. The number of hydrogen-bond acceptors (Lipinski definition) is 4. The van der Waals surface area contributed by atoms with Crippen LogP contribution in [0, 0.1) is 0 Å². The monoisotopic (exact) mass is 370 g/mol. The predicted molar refractivity (Wildman–Crippen MR) is 110 cm³/mol. The van der Waals surface area contributed by atoms with Crippen molar-refractivity contribution < 1.29 is 9.47 Å². The van der Waals surface area contributed by atoms with Crippen LogP contribution in [0.5, 0.6) is 11.5 Å². The van der Waals surface area contributed by atoms with E-state index in [0.717, 1.165) is 28.3 Å². The van der Waals surface area contributed by atoms with Crippen LogP contribution in [0.25, 0.3) is 5.70 Å². The summed E-state index contributed by atoms with van der Waals surface area (Å²) < 4.78 is 11.9. The van der Waals surface area contributed by atoms with Crippen molar-refractivity contribution in [2.45, 2.75) is 19.2 Å². The Balaban J connectivity index is 1.52. The summed E-state index contributed by atoms with van der Waals surface area (Å²) in [5.41, 5.74) is 8.07. The summed E-state index contributed by atoms with van der Waals surface area (Å²) in [6.45, 7) is 2.66. The van der Waals surface area contributed by atoms with Crippen molar-refractivity contribution >= 4 is 5.70 Å². The first-order chi connectivity index (χ1) is 13.8. The molecule has 0 spiro atoms. The van der Waals surface area contributed by atoms with Gasteiger partial charge in [0.2, 0.25) is 0 Å². The van der Waals surface area contributed by atoms with Crippen LogP contribution in [0.1, 0.15) is 35.9 Å². The molecule has 0 saturated heterocycles.